The first-order valence-corrected chi connectivity index (χ1v) is 7.96. The maximum absolute atomic E-state index is 12.7. The summed E-state index contributed by atoms with van der Waals surface area (Å²) in [6.45, 7) is 0.174. The van der Waals surface area contributed by atoms with Crippen molar-refractivity contribution in [2.75, 3.05) is 6.79 Å². The fourth-order valence-electron chi connectivity index (χ4n) is 3.49. The third kappa shape index (κ3) is 2.11. The van der Waals surface area contributed by atoms with Crippen molar-refractivity contribution in [1.29, 1.82) is 0 Å². The molecule has 1 aromatic heterocycles. The van der Waals surface area contributed by atoms with E-state index in [2.05, 4.69) is 4.98 Å². The maximum Gasteiger partial charge on any atom is 0.312 e. The van der Waals surface area contributed by atoms with E-state index in [9.17, 15) is 9.59 Å². The molecule has 5 rings (SSSR count). The summed E-state index contributed by atoms with van der Waals surface area (Å²) in [5, 5.41) is 0.718. The number of pyridine rings is 1. The summed E-state index contributed by atoms with van der Waals surface area (Å²) in [6.07, 6.45) is 0.105. The number of hydrogen-bond acceptors (Lipinski definition) is 5. The molecule has 6 nitrogen and oxygen atoms in total. The molecular weight excluding hydrogens is 322 g/mol. The van der Waals surface area contributed by atoms with Gasteiger partial charge in [0.15, 0.2) is 11.5 Å². The first kappa shape index (κ1) is 14.1. The summed E-state index contributed by atoms with van der Waals surface area (Å²) in [5.41, 5.74) is 1.69. The average molecular weight is 335 g/mol. The minimum Gasteiger partial charge on any atom is -0.454 e. The number of fused-ring (bicyclic) bond motifs is 4. The number of nitrogens with one attached hydrogen (secondary N) is 1. The molecule has 124 valence electrons. The largest absolute Gasteiger partial charge is 0.454 e. The summed E-state index contributed by atoms with van der Waals surface area (Å²) < 4.78 is 16.2. The number of aromatic amines is 1. The van der Waals surface area contributed by atoms with Gasteiger partial charge in [-0.25, -0.2) is 0 Å². The van der Waals surface area contributed by atoms with Crippen LogP contribution < -0.4 is 19.8 Å². The van der Waals surface area contributed by atoms with Gasteiger partial charge in [-0.3, -0.25) is 9.59 Å². The number of carbonyl (C=O) groups excluding carboxylic acids is 1. The van der Waals surface area contributed by atoms with Crippen LogP contribution in [0.5, 0.6) is 17.2 Å². The second-order valence-corrected chi connectivity index (χ2v) is 6.09. The minimum absolute atomic E-state index is 0.105. The molecule has 3 heterocycles. The van der Waals surface area contributed by atoms with Crippen LogP contribution in [-0.2, 0) is 4.79 Å². The number of rotatable bonds is 1. The number of benzene rings is 2. The molecule has 0 bridgehead atoms. The monoisotopic (exact) mass is 335 g/mol. The Morgan fingerprint density at radius 3 is 2.76 bits per heavy atom. The lowest BCUT2D eigenvalue weighted by molar-refractivity contribution is -0.135. The predicted octanol–water partition coefficient (Wildman–Crippen LogP) is 2.70. The van der Waals surface area contributed by atoms with Crippen molar-refractivity contribution in [1.82, 2.24) is 4.98 Å². The molecule has 0 saturated carbocycles. The van der Waals surface area contributed by atoms with Crippen molar-refractivity contribution in [2.45, 2.75) is 12.3 Å². The first-order chi connectivity index (χ1) is 12.2. The fourth-order valence-corrected chi connectivity index (χ4v) is 3.49. The third-order valence-corrected chi connectivity index (χ3v) is 4.64. The van der Waals surface area contributed by atoms with Crippen LogP contribution in [-0.4, -0.2) is 17.7 Å². The lowest BCUT2D eigenvalue weighted by Gasteiger charge is -2.25. The number of carbonyl (C=O) groups is 1. The molecule has 0 unspecified atom stereocenters. The van der Waals surface area contributed by atoms with Gasteiger partial charge in [-0.05, 0) is 29.8 Å². The Kier molecular flexibility index (Phi) is 2.88. The first-order valence-electron chi connectivity index (χ1n) is 7.96. The molecule has 0 spiro atoms. The molecule has 6 heteroatoms. The van der Waals surface area contributed by atoms with Crippen LogP contribution in [0.2, 0.25) is 0 Å². The molecule has 0 aliphatic carbocycles. The van der Waals surface area contributed by atoms with Crippen molar-refractivity contribution in [3.05, 3.63) is 63.9 Å². The van der Waals surface area contributed by atoms with Gasteiger partial charge in [-0.2, -0.15) is 0 Å². The number of H-pyrrole nitrogens is 1. The number of ether oxygens (including phenoxy) is 3. The number of para-hydroxylation sites is 1. The lowest BCUT2D eigenvalue weighted by atomic mass is 9.86. The normalized spacial score (nSPS) is 18.1. The fraction of sp³-hybridized carbons (Fsp3) is 0.158. The minimum atomic E-state index is -0.390. The van der Waals surface area contributed by atoms with E-state index in [0.717, 1.165) is 10.9 Å². The van der Waals surface area contributed by atoms with Gasteiger partial charge in [-0.15, -0.1) is 0 Å². The number of aromatic nitrogens is 1. The molecule has 1 atom stereocenters. The summed E-state index contributed by atoms with van der Waals surface area (Å²) in [6, 6.07) is 12.8. The van der Waals surface area contributed by atoms with Crippen molar-refractivity contribution in [2.24, 2.45) is 0 Å². The summed E-state index contributed by atoms with van der Waals surface area (Å²) >= 11 is 0. The van der Waals surface area contributed by atoms with Crippen molar-refractivity contribution in [3.63, 3.8) is 0 Å². The molecule has 25 heavy (non-hydrogen) atoms. The van der Waals surface area contributed by atoms with E-state index < -0.39 is 0 Å². The topological polar surface area (TPSA) is 77.6 Å². The summed E-state index contributed by atoms with van der Waals surface area (Å²) in [5.74, 6) is 0.883. The number of hydrogen-bond donors (Lipinski definition) is 1. The van der Waals surface area contributed by atoms with Crippen LogP contribution in [0.25, 0.3) is 10.9 Å². The van der Waals surface area contributed by atoms with Crippen molar-refractivity contribution in [3.8, 4) is 17.2 Å². The van der Waals surface area contributed by atoms with E-state index in [4.69, 9.17) is 14.2 Å². The van der Waals surface area contributed by atoms with E-state index in [0.29, 0.717) is 28.3 Å². The maximum atomic E-state index is 12.7. The van der Waals surface area contributed by atoms with Crippen LogP contribution in [0.3, 0.4) is 0 Å². The highest BCUT2D eigenvalue weighted by Crippen LogP contribution is 2.42. The highest BCUT2D eigenvalue weighted by molar-refractivity contribution is 5.91. The SMILES string of the molecule is O=C1C[C@H](c2ccc3c(c2)OCO3)c2c(c3ccccc3[nH]c2=O)O1. The van der Waals surface area contributed by atoms with Gasteiger partial charge in [0.1, 0.15) is 5.75 Å². The van der Waals surface area contributed by atoms with Crippen molar-refractivity contribution < 1.29 is 19.0 Å². The van der Waals surface area contributed by atoms with Crippen molar-refractivity contribution >= 4 is 16.9 Å². The number of esters is 1. The molecular formula is C19H13NO5. The predicted molar refractivity (Wildman–Crippen MR) is 89.2 cm³/mol. The molecule has 2 aliphatic rings. The Morgan fingerprint density at radius 1 is 1.00 bits per heavy atom. The lowest BCUT2D eigenvalue weighted by Crippen LogP contribution is -2.28. The zero-order valence-electron chi connectivity index (χ0n) is 13.1. The molecule has 0 saturated heterocycles. The molecule has 0 fully saturated rings. The molecule has 0 radical (unpaired) electrons. The Morgan fingerprint density at radius 2 is 1.84 bits per heavy atom. The van der Waals surface area contributed by atoms with Gasteiger partial charge in [0.25, 0.3) is 5.56 Å². The van der Waals surface area contributed by atoms with Crippen LogP contribution in [0.4, 0.5) is 0 Å². The average Bonchev–Trinajstić information content (AvgIpc) is 3.08. The van der Waals surface area contributed by atoms with Gasteiger partial charge in [-0.1, -0.05) is 18.2 Å². The Hall–Kier alpha value is -3.28. The van der Waals surface area contributed by atoms with E-state index >= 15 is 0 Å². The van der Waals surface area contributed by atoms with E-state index in [1.807, 2.05) is 30.3 Å². The molecule has 3 aromatic rings. The highest BCUT2D eigenvalue weighted by Gasteiger charge is 2.33. The second kappa shape index (κ2) is 5.11. The smallest absolute Gasteiger partial charge is 0.312 e. The highest BCUT2D eigenvalue weighted by atomic mass is 16.7. The third-order valence-electron chi connectivity index (χ3n) is 4.64. The van der Waals surface area contributed by atoms with Crippen LogP contribution in [0.15, 0.2) is 47.3 Å². The Balaban J connectivity index is 1.75. The van der Waals surface area contributed by atoms with Gasteiger partial charge in [0, 0.05) is 11.3 Å². The summed E-state index contributed by atoms with van der Waals surface area (Å²) in [4.78, 5) is 27.8. The summed E-state index contributed by atoms with van der Waals surface area (Å²) in [7, 11) is 0. The molecule has 1 N–H and O–H groups in total. The zero-order valence-corrected chi connectivity index (χ0v) is 13.1. The van der Waals surface area contributed by atoms with Gasteiger partial charge < -0.3 is 19.2 Å². The van der Waals surface area contributed by atoms with Crippen LogP contribution in [0, 0.1) is 0 Å². The molecule has 2 aliphatic heterocycles. The van der Waals surface area contributed by atoms with E-state index in [1.165, 1.54) is 0 Å². The van der Waals surface area contributed by atoms with E-state index in [1.54, 1.807) is 12.1 Å². The van der Waals surface area contributed by atoms with Gasteiger partial charge in [0.2, 0.25) is 6.79 Å². The van der Waals surface area contributed by atoms with E-state index in [-0.39, 0.29) is 30.7 Å². The second-order valence-electron chi connectivity index (χ2n) is 6.09. The van der Waals surface area contributed by atoms with Gasteiger partial charge >= 0.3 is 5.97 Å². The quantitative estimate of drug-likeness (QED) is 0.692. The van der Waals surface area contributed by atoms with Crippen LogP contribution in [0.1, 0.15) is 23.5 Å². The standard InChI is InChI=1S/C19H13NO5/c21-16-8-12(10-5-6-14-15(7-10)24-9-23-14)17-18(25-16)11-3-1-2-4-13(11)20-19(17)22/h1-7,12H,8-9H2,(H,20,22)/t12-/m1/s1. The molecule has 0 amide bonds. The molecule has 2 aromatic carbocycles. The van der Waals surface area contributed by atoms with Gasteiger partial charge in [0.05, 0.1) is 17.5 Å². The Bertz CT molecular complexity index is 1080. The Labute approximate surface area is 142 Å². The zero-order chi connectivity index (χ0) is 17.0. The van der Waals surface area contributed by atoms with Crippen LogP contribution >= 0.6 is 0 Å².